The van der Waals surface area contributed by atoms with Crippen molar-refractivity contribution in [2.24, 2.45) is 5.92 Å². The number of amides is 1. The number of aryl methyl sites for hydroxylation is 2. The van der Waals surface area contributed by atoms with Gasteiger partial charge in [0.25, 0.3) is 0 Å². The maximum Gasteiger partial charge on any atom is 0.224 e. The van der Waals surface area contributed by atoms with E-state index < -0.39 is 0 Å². The topological polar surface area (TPSA) is 41.1 Å². The van der Waals surface area contributed by atoms with E-state index in [1.54, 1.807) is 26.0 Å². The third kappa shape index (κ3) is 3.53. The van der Waals surface area contributed by atoms with Gasteiger partial charge in [0.05, 0.1) is 5.92 Å². The fourth-order valence-electron chi connectivity index (χ4n) is 2.55. The first-order valence-electron chi connectivity index (χ1n) is 6.82. The molecule has 1 aliphatic rings. The molecule has 0 spiro atoms. The third-order valence-corrected chi connectivity index (χ3v) is 3.63. The Morgan fingerprint density at radius 1 is 1.42 bits per heavy atom. The molecule has 1 amide bonds. The Balaban J connectivity index is 1.93. The van der Waals surface area contributed by atoms with Crippen LogP contribution in [0, 0.1) is 25.6 Å². The lowest BCUT2D eigenvalue weighted by molar-refractivity contribution is -0.125. The number of piperidine rings is 1. The smallest absolute Gasteiger partial charge is 0.224 e. The molecule has 3 nitrogen and oxygen atoms in total. The summed E-state index contributed by atoms with van der Waals surface area (Å²) in [7, 11) is 0. The summed E-state index contributed by atoms with van der Waals surface area (Å²) in [5.74, 6) is -0.00483. The largest absolute Gasteiger partial charge is 0.352 e. The second kappa shape index (κ2) is 6.15. The van der Waals surface area contributed by atoms with Crippen molar-refractivity contribution in [1.82, 2.24) is 10.6 Å². The van der Waals surface area contributed by atoms with Crippen molar-refractivity contribution in [1.29, 1.82) is 0 Å². The minimum atomic E-state index is -0.161. The molecule has 0 unspecified atom stereocenters. The van der Waals surface area contributed by atoms with Crippen LogP contribution in [0.4, 0.5) is 4.39 Å². The summed E-state index contributed by atoms with van der Waals surface area (Å²) in [6.07, 6.45) is 1.99. The van der Waals surface area contributed by atoms with Gasteiger partial charge in [-0.25, -0.2) is 4.39 Å². The number of hydrogen-bond acceptors (Lipinski definition) is 2. The van der Waals surface area contributed by atoms with E-state index in [1.807, 2.05) is 0 Å². The van der Waals surface area contributed by atoms with Gasteiger partial charge in [0.1, 0.15) is 5.82 Å². The van der Waals surface area contributed by atoms with Crippen molar-refractivity contribution in [2.75, 3.05) is 13.1 Å². The number of rotatable bonds is 3. The van der Waals surface area contributed by atoms with Gasteiger partial charge in [-0.2, -0.15) is 0 Å². The van der Waals surface area contributed by atoms with Gasteiger partial charge in [-0.15, -0.1) is 0 Å². The summed E-state index contributed by atoms with van der Waals surface area (Å²) >= 11 is 0. The summed E-state index contributed by atoms with van der Waals surface area (Å²) in [6, 6.07) is 3.59. The lowest BCUT2D eigenvalue weighted by atomic mass is 9.98. The molecule has 0 bridgehead atoms. The highest BCUT2D eigenvalue weighted by atomic mass is 19.1. The fraction of sp³-hybridized carbons (Fsp3) is 0.533. The molecule has 19 heavy (non-hydrogen) atoms. The zero-order valence-electron chi connectivity index (χ0n) is 11.6. The van der Waals surface area contributed by atoms with Gasteiger partial charge in [0.15, 0.2) is 0 Å². The molecule has 2 N–H and O–H groups in total. The Hall–Kier alpha value is -1.42. The summed E-state index contributed by atoms with van der Waals surface area (Å²) in [4.78, 5) is 12.0. The highest BCUT2D eigenvalue weighted by molar-refractivity contribution is 5.78. The number of carbonyl (C=O) groups is 1. The predicted octanol–water partition coefficient (Wildman–Crippen LogP) is 2.06. The van der Waals surface area contributed by atoms with Crippen molar-refractivity contribution in [2.45, 2.75) is 33.2 Å². The number of halogens is 1. The van der Waals surface area contributed by atoms with Gasteiger partial charge >= 0.3 is 0 Å². The number of hydrogen-bond donors (Lipinski definition) is 2. The van der Waals surface area contributed by atoms with Crippen LogP contribution in [0.25, 0.3) is 0 Å². The molecule has 1 heterocycles. The van der Waals surface area contributed by atoms with Crippen molar-refractivity contribution in [3.63, 3.8) is 0 Å². The molecule has 1 aliphatic heterocycles. The van der Waals surface area contributed by atoms with Crippen LogP contribution in [0.3, 0.4) is 0 Å². The Kier molecular flexibility index (Phi) is 4.53. The van der Waals surface area contributed by atoms with Crippen molar-refractivity contribution in [3.8, 4) is 0 Å². The van der Waals surface area contributed by atoms with Crippen LogP contribution in [0.5, 0.6) is 0 Å². The standard InChI is InChI=1S/C15H21FN2O/c1-10-6-12(7-11(2)14(10)16)8-18-15(19)13-4-3-5-17-9-13/h6-7,13,17H,3-5,8-9H2,1-2H3,(H,18,19)/t13-/m1/s1. The molecular weight excluding hydrogens is 243 g/mol. The van der Waals surface area contributed by atoms with Gasteiger partial charge in [0, 0.05) is 13.1 Å². The molecule has 0 radical (unpaired) electrons. The molecule has 1 fully saturated rings. The van der Waals surface area contributed by atoms with Crippen LogP contribution in [0.1, 0.15) is 29.5 Å². The van der Waals surface area contributed by atoms with Crippen LogP contribution in [-0.4, -0.2) is 19.0 Å². The van der Waals surface area contributed by atoms with E-state index in [2.05, 4.69) is 10.6 Å². The molecule has 1 saturated heterocycles. The maximum atomic E-state index is 13.5. The van der Waals surface area contributed by atoms with Crippen LogP contribution in [-0.2, 0) is 11.3 Å². The average molecular weight is 264 g/mol. The first-order chi connectivity index (χ1) is 9.08. The van der Waals surface area contributed by atoms with Crippen molar-refractivity contribution in [3.05, 3.63) is 34.6 Å². The fourth-order valence-corrected chi connectivity index (χ4v) is 2.55. The van der Waals surface area contributed by atoms with Gasteiger partial charge < -0.3 is 10.6 Å². The molecule has 1 aromatic carbocycles. The first kappa shape index (κ1) is 14.0. The number of benzene rings is 1. The van der Waals surface area contributed by atoms with E-state index in [1.165, 1.54) is 0 Å². The normalized spacial score (nSPS) is 19.2. The number of carbonyl (C=O) groups excluding carboxylic acids is 1. The van der Waals surface area contributed by atoms with E-state index in [0.29, 0.717) is 17.7 Å². The molecule has 0 saturated carbocycles. The Morgan fingerprint density at radius 2 is 2.11 bits per heavy atom. The zero-order chi connectivity index (χ0) is 13.8. The van der Waals surface area contributed by atoms with E-state index >= 15 is 0 Å². The molecule has 2 rings (SSSR count). The first-order valence-corrected chi connectivity index (χ1v) is 6.82. The molecule has 1 aromatic rings. The van der Waals surface area contributed by atoms with Crippen LogP contribution >= 0.6 is 0 Å². The second-order valence-electron chi connectivity index (χ2n) is 5.30. The molecule has 0 aromatic heterocycles. The molecule has 4 heteroatoms. The molecule has 0 aliphatic carbocycles. The minimum absolute atomic E-state index is 0.0661. The van der Waals surface area contributed by atoms with Crippen LogP contribution in [0.2, 0.25) is 0 Å². The van der Waals surface area contributed by atoms with Gasteiger partial charge in [0.2, 0.25) is 5.91 Å². The van der Waals surface area contributed by atoms with Gasteiger partial charge in [-0.05, 0) is 49.9 Å². The van der Waals surface area contributed by atoms with Crippen LogP contribution in [0.15, 0.2) is 12.1 Å². The summed E-state index contributed by atoms with van der Waals surface area (Å²) in [6.45, 7) is 5.72. The van der Waals surface area contributed by atoms with E-state index in [0.717, 1.165) is 31.5 Å². The summed E-state index contributed by atoms with van der Waals surface area (Å²) in [5, 5.41) is 6.17. The number of nitrogens with one attached hydrogen (secondary N) is 2. The van der Waals surface area contributed by atoms with E-state index in [-0.39, 0.29) is 17.6 Å². The van der Waals surface area contributed by atoms with Crippen molar-refractivity contribution >= 4 is 5.91 Å². The zero-order valence-corrected chi connectivity index (χ0v) is 11.6. The minimum Gasteiger partial charge on any atom is -0.352 e. The highest BCUT2D eigenvalue weighted by Gasteiger charge is 2.20. The quantitative estimate of drug-likeness (QED) is 0.877. The lowest BCUT2D eigenvalue weighted by Gasteiger charge is -2.22. The summed E-state index contributed by atoms with van der Waals surface area (Å²) < 4.78 is 13.5. The monoisotopic (exact) mass is 264 g/mol. The Labute approximate surface area is 113 Å². The Bertz CT molecular complexity index is 444. The highest BCUT2D eigenvalue weighted by Crippen LogP contribution is 2.15. The molecule has 104 valence electrons. The van der Waals surface area contributed by atoms with Crippen molar-refractivity contribution < 1.29 is 9.18 Å². The average Bonchev–Trinajstić information content (AvgIpc) is 2.43. The summed E-state index contributed by atoms with van der Waals surface area (Å²) in [5.41, 5.74) is 2.21. The predicted molar refractivity (Wildman–Crippen MR) is 73.3 cm³/mol. The third-order valence-electron chi connectivity index (χ3n) is 3.63. The SMILES string of the molecule is Cc1cc(CNC(=O)[C@@H]2CCCNC2)cc(C)c1F. The maximum absolute atomic E-state index is 13.5. The molecule has 1 atom stereocenters. The van der Waals surface area contributed by atoms with Gasteiger partial charge in [-0.1, -0.05) is 12.1 Å². The Morgan fingerprint density at radius 3 is 2.68 bits per heavy atom. The molecular formula is C15H21FN2O. The van der Waals surface area contributed by atoms with Crippen LogP contribution < -0.4 is 10.6 Å². The van der Waals surface area contributed by atoms with E-state index in [9.17, 15) is 9.18 Å². The van der Waals surface area contributed by atoms with Gasteiger partial charge in [-0.3, -0.25) is 4.79 Å². The second-order valence-corrected chi connectivity index (χ2v) is 5.30. The lowest BCUT2D eigenvalue weighted by Crippen LogP contribution is -2.40. The van der Waals surface area contributed by atoms with E-state index in [4.69, 9.17) is 0 Å².